The smallest absolute Gasteiger partial charge is 0.258 e. The first kappa shape index (κ1) is 26.3. The Morgan fingerprint density at radius 2 is 1.69 bits per heavy atom. The summed E-state index contributed by atoms with van der Waals surface area (Å²) in [6.07, 6.45) is 2.95. The van der Waals surface area contributed by atoms with Gasteiger partial charge < -0.3 is 9.30 Å². The maximum absolute atomic E-state index is 13.1. The Morgan fingerprint density at radius 1 is 1.03 bits per heavy atom. The molecule has 2 aromatic carbocycles. The van der Waals surface area contributed by atoms with E-state index in [-0.39, 0.29) is 30.7 Å². The zero-order valence-corrected chi connectivity index (χ0v) is 22.0. The number of nitrogens with zero attached hydrogens (tertiary/aromatic N) is 2. The van der Waals surface area contributed by atoms with Crippen molar-refractivity contribution in [2.45, 2.75) is 44.5 Å². The van der Waals surface area contributed by atoms with Gasteiger partial charge in [0, 0.05) is 50.4 Å². The Labute approximate surface area is 212 Å². The molecular weight excluding hydrogens is 476 g/mol. The second-order valence-corrected chi connectivity index (χ2v) is 12.2. The van der Waals surface area contributed by atoms with Gasteiger partial charge in [-0.25, -0.2) is 8.42 Å². The minimum atomic E-state index is -3.62. The lowest BCUT2D eigenvalue weighted by Gasteiger charge is -2.26. The third-order valence-corrected chi connectivity index (χ3v) is 9.40. The van der Waals surface area contributed by atoms with E-state index in [1.807, 2.05) is 24.3 Å². The monoisotopic (exact) mass is 510 g/mol. The molecule has 1 aliphatic heterocycles. The number of morpholine rings is 1. The summed E-state index contributed by atoms with van der Waals surface area (Å²) in [5.74, 6) is -0.334. The quantitative estimate of drug-likeness (QED) is 0.437. The first-order valence-corrected chi connectivity index (χ1v) is 14.3. The van der Waals surface area contributed by atoms with Crippen LogP contribution in [0.2, 0.25) is 0 Å². The van der Waals surface area contributed by atoms with Gasteiger partial charge in [0.25, 0.3) is 5.56 Å². The first-order chi connectivity index (χ1) is 17.1. The molecule has 1 aliphatic rings. The summed E-state index contributed by atoms with van der Waals surface area (Å²) in [5.41, 5.74) is 3.16. The molecule has 0 bridgehead atoms. The van der Waals surface area contributed by atoms with Crippen LogP contribution in [0.15, 0.2) is 59.5 Å². The van der Waals surface area contributed by atoms with Crippen LogP contribution in [-0.4, -0.2) is 61.0 Å². The van der Waals surface area contributed by atoms with Crippen LogP contribution in [-0.2, 0) is 32.5 Å². The van der Waals surface area contributed by atoms with E-state index in [1.165, 1.54) is 17.1 Å². The first-order valence-electron chi connectivity index (χ1n) is 12.4. The van der Waals surface area contributed by atoms with E-state index in [0.717, 1.165) is 55.6 Å². The fourth-order valence-corrected chi connectivity index (χ4v) is 5.72. The molecule has 7 nitrogen and oxygen atoms in total. The van der Waals surface area contributed by atoms with Gasteiger partial charge in [0.2, 0.25) is 0 Å². The number of carbonyl (C=O) groups is 1. The summed E-state index contributed by atoms with van der Waals surface area (Å²) >= 11 is 0. The molecule has 36 heavy (non-hydrogen) atoms. The summed E-state index contributed by atoms with van der Waals surface area (Å²) in [5, 5.41) is 1.38. The number of aryl methyl sites for hydroxylation is 1. The van der Waals surface area contributed by atoms with Crippen LogP contribution in [0.4, 0.5) is 0 Å². The highest BCUT2D eigenvalue weighted by Gasteiger charge is 2.41. The van der Waals surface area contributed by atoms with Gasteiger partial charge in [0.05, 0.1) is 13.2 Å². The molecule has 1 aromatic heterocycles. The second-order valence-electron chi connectivity index (χ2n) is 9.73. The number of rotatable bonds is 9. The van der Waals surface area contributed by atoms with Crippen LogP contribution in [0, 0.1) is 0 Å². The maximum atomic E-state index is 13.1. The Kier molecular flexibility index (Phi) is 7.78. The predicted octanol–water partition coefficient (Wildman–Crippen LogP) is 3.67. The van der Waals surface area contributed by atoms with E-state index in [4.69, 9.17) is 4.74 Å². The number of ketones is 1. The number of aromatic nitrogens is 1. The van der Waals surface area contributed by atoms with Gasteiger partial charge in [0.1, 0.15) is 4.75 Å². The van der Waals surface area contributed by atoms with Crippen molar-refractivity contribution in [3.8, 4) is 11.1 Å². The van der Waals surface area contributed by atoms with E-state index in [1.54, 1.807) is 13.1 Å². The van der Waals surface area contributed by atoms with Gasteiger partial charge in [-0.1, -0.05) is 37.3 Å². The third-order valence-electron chi connectivity index (χ3n) is 7.33. The highest BCUT2D eigenvalue weighted by atomic mass is 32.2. The van der Waals surface area contributed by atoms with Crippen molar-refractivity contribution in [1.29, 1.82) is 0 Å². The molecule has 0 spiro atoms. The molecule has 0 saturated carbocycles. The zero-order chi connectivity index (χ0) is 25.9. The summed E-state index contributed by atoms with van der Waals surface area (Å²) in [4.78, 5) is 27.9. The summed E-state index contributed by atoms with van der Waals surface area (Å²) in [6, 6.07) is 16.1. The number of carbonyl (C=O) groups excluding carboxylic acids is 1. The fourth-order valence-electron chi connectivity index (χ4n) is 4.70. The molecule has 0 unspecified atom stereocenters. The molecule has 4 rings (SSSR count). The lowest BCUT2D eigenvalue weighted by molar-refractivity contribution is -0.121. The molecule has 0 amide bonds. The van der Waals surface area contributed by atoms with Gasteiger partial charge in [-0.3, -0.25) is 14.5 Å². The highest BCUT2D eigenvalue weighted by molar-refractivity contribution is 7.92. The standard InChI is InChI=1S/C28H34N2O5S/c1-4-26(31)28(2,36(3,33)34)12-14-30-13-11-24-19-23(9-10-25(24)27(30)32)22-7-5-21(6-8-22)20-29-15-17-35-18-16-29/h5-11,13,19H,4,12,14-18,20H2,1-3H3/t28-/m1/s1. The van der Waals surface area contributed by atoms with Crippen LogP contribution < -0.4 is 5.56 Å². The van der Waals surface area contributed by atoms with Crippen LogP contribution in [0.25, 0.3) is 21.9 Å². The molecule has 8 heteroatoms. The van der Waals surface area contributed by atoms with E-state index in [0.29, 0.717) is 5.39 Å². The normalized spacial score (nSPS) is 16.6. The lowest BCUT2D eigenvalue weighted by atomic mass is 9.99. The number of sulfone groups is 1. The topological polar surface area (TPSA) is 85.7 Å². The predicted molar refractivity (Wildman–Crippen MR) is 143 cm³/mol. The number of fused-ring (bicyclic) bond motifs is 1. The molecule has 0 N–H and O–H groups in total. The fraction of sp³-hybridized carbons (Fsp3) is 0.429. The Bertz CT molecular complexity index is 1410. The number of benzene rings is 2. The lowest BCUT2D eigenvalue weighted by Crippen LogP contribution is -2.44. The molecule has 1 saturated heterocycles. The van der Waals surface area contributed by atoms with Gasteiger partial charge >= 0.3 is 0 Å². The molecule has 3 aromatic rings. The zero-order valence-electron chi connectivity index (χ0n) is 21.2. The minimum absolute atomic E-state index is 0.0544. The Balaban J connectivity index is 1.53. The molecule has 0 radical (unpaired) electrons. The van der Waals surface area contributed by atoms with Gasteiger partial charge in [-0.15, -0.1) is 0 Å². The van der Waals surface area contributed by atoms with Gasteiger partial charge in [0.15, 0.2) is 15.6 Å². The van der Waals surface area contributed by atoms with Crippen LogP contribution in [0.1, 0.15) is 32.3 Å². The average Bonchev–Trinajstić information content (AvgIpc) is 2.88. The summed E-state index contributed by atoms with van der Waals surface area (Å²) < 4.78 is 30.1. The number of pyridine rings is 1. The molecule has 1 atom stereocenters. The van der Waals surface area contributed by atoms with Crippen LogP contribution in [0.5, 0.6) is 0 Å². The number of Topliss-reactive ketones (excluding diaryl/α,β-unsaturated/α-hetero) is 1. The van der Waals surface area contributed by atoms with Gasteiger partial charge in [-0.05, 0) is 53.6 Å². The van der Waals surface area contributed by atoms with Crippen molar-refractivity contribution in [2.24, 2.45) is 0 Å². The van der Waals surface area contributed by atoms with Crippen molar-refractivity contribution >= 4 is 26.4 Å². The molecule has 0 aliphatic carbocycles. The molecular formula is C28H34N2O5S. The molecule has 2 heterocycles. The minimum Gasteiger partial charge on any atom is -0.379 e. The van der Waals surface area contributed by atoms with Crippen molar-refractivity contribution in [1.82, 2.24) is 9.47 Å². The van der Waals surface area contributed by atoms with Crippen LogP contribution in [0.3, 0.4) is 0 Å². The SMILES string of the molecule is CCC(=O)[C@@](C)(CCn1ccc2cc(-c3ccc(CN4CCOCC4)cc3)ccc2c1=O)S(C)(=O)=O. The van der Waals surface area contributed by atoms with Crippen molar-refractivity contribution < 1.29 is 17.9 Å². The number of hydrogen-bond acceptors (Lipinski definition) is 6. The molecule has 1 fully saturated rings. The van der Waals surface area contributed by atoms with E-state index in [2.05, 4.69) is 29.2 Å². The maximum Gasteiger partial charge on any atom is 0.258 e. The Hall–Kier alpha value is -2.81. The van der Waals surface area contributed by atoms with Crippen molar-refractivity contribution in [2.75, 3.05) is 32.6 Å². The Morgan fingerprint density at radius 3 is 2.33 bits per heavy atom. The van der Waals surface area contributed by atoms with Gasteiger partial charge in [-0.2, -0.15) is 0 Å². The van der Waals surface area contributed by atoms with Crippen LogP contribution >= 0.6 is 0 Å². The van der Waals surface area contributed by atoms with Crippen molar-refractivity contribution in [3.63, 3.8) is 0 Å². The average molecular weight is 511 g/mol. The number of hydrogen-bond donors (Lipinski definition) is 0. The second kappa shape index (κ2) is 10.7. The highest BCUT2D eigenvalue weighted by Crippen LogP contribution is 2.26. The van der Waals surface area contributed by atoms with Crippen molar-refractivity contribution in [3.05, 3.63) is 70.6 Å². The van der Waals surface area contributed by atoms with E-state index < -0.39 is 14.6 Å². The third kappa shape index (κ3) is 5.45. The van der Waals surface area contributed by atoms with E-state index >= 15 is 0 Å². The summed E-state index contributed by atoms with van der Waals surface area (Å²) in [6.45, 7) is 7.63. The number of ether oxygens (including phenoxy) is 1. The van der Waals surface area contributed by atoms with E-state index in [9.17, 15) is 18.0 Å². The summed E-state index contributed by atoms with van der Waals surface area (Å²) in [7, 11) is -3.62. The largest absolute Gasteiger partial charge is 0.379 e. The molecule has 192 valence electrons.